The summed E-state index contributed by atoms with van der Waals surface area (Å²) in [6, 6.07) is 0. The van der Waals surface area contributed by atoms with Crippen molar-refractivity contribution in [1.29, 1.82) is 0 Å². The molecule has 0 radical (unpaired) electrons. The molecule has 0 bridgehead atoms. The number of aromatic nitrogens is 2. The second-order valence-electron chi connectivity index (χ2n) is 3.85. The Kier molecular flexibility index (Phi) is 2.71. The smallest absolute Gasteiger partial charge is 0.257 e. The van der Waals surface area contributed by atoms with Crippen LogP contribution >= 0.6 is 0 Å². The van der Waals surface area contributed by atoms with Crippen LogP contribution in [-0.2, 0) is 9.84 Å². The van der Waals surface area contributed by atoms with E-state index in [-0.39, 0.29) is 30.5 Å². The minimum absolute atomic E-state index is 0.0512. The Morgan fingerprint density at radius 3 is 2.56 bits per heavy atom. The van der Waals surface area contributed by atoms with Crippen LogP contribution in [0.2, 0.25) is 0 Å². The Morgan fingerprint density at radius 2 is 2.06 bits per heavy atom. The van der Waals surface area contributed by atoms with Gasteiger partial charge in [0.1, 0.15) is 0 Å². The summed E-state index contributed by atoms with van der Waals surface area (Å²) >= 11 is 0. The number of hydrogen-bond donors (Lipinski definition) is 1. The number of amides is 1. The van der Waals surface area contributed by atoms with Gasteiger partial charge in [-0.15, -0.1) is 0 Å². The number of nitrogens with zero attached hydrogens (tertiary/aromatic N) is 2. The largest absolute Gasteiger partial charge is 0.337 e. The summed E-state index contributed by atoms with van der Waals surface area (Å²) in [7, 11) is -2.95. The molecule has 1 aromatic rings. The molecule has 0 aliphatic carbocycles. The molecule has 0 saturated carbocycles. The topological polar surface area (TPSA) is 83.1 Å². The van der Waals surface area contributed by atoms with Gasteiger partial charge in [-0.3, -0.25) is 9.89 Å². The molecule has 2 rings (SSSR count). The highest BCUT2D eigenvalue weighted by molar-refractivity contribution is 7.91. The van der Waals surface area contributed by atoms with Gasteiger partial charge in [-0.25, -0.2) is 8.42 Å². The lowest BCUT2D eigenvalue weighted by Gasteiger charge is -2.26. The first kappa shape index (κ1) is 11.1. The molecule has 6 nitrogen and oxygen atoms in total. The molecule has 88 valence electrons. The molecule has 0 aromatic carbocycles. The van der Waals surface area contributed by atoms with E-state index in [1.165, 1.54) is 6.20 Å². The zero-order valence-electron chi connectivity index (χ0n) is 8.93. The number of rotatable bonds is 1. The Balaban J connectivity index is 2.11. The summed E-state index contributed by atoms with van der Waals surface area (Å²) < 4.78 is 22.4. The van der Waals surface area contributed by atoms with Crippen LogP contribution < -0.4 is 0 Å². The van der Waals surface area contributed by atoms with E-state index in [0.717, 1.165) is 0 Å². The average molecular weight is 243 g/mol. The second-order valence-corrected chi connectivity index (χ2v) is 6.16. The molecule has 1 N–H and O–H groups in total. The van der Waals surface area contributed by atoms with E-state index >= 15 is 0 Å². The summed E-state index contributed by atoms with van der Waals surface area (Å²) in [5, 5.41) is 6.46. The van der Waals surface area contributed by atoms with Crippen LogP contribution in [0.25, 0.3) is 0 Å². The predicted octanol–water partition coefficient (Wildman–Crippen LogP) is -0.411. The van der Waals surface area contributed by atoms with E-state index in [0.29, 0.717) is 11.3 Å². The maximum atomic E-state index is 12.0. The lowest BCUT2D eigenvalue weighted by molar-refractivity contribution is 0.0769. The van der Waals surface area contributed by atoms with E-state index in [2.05, 4.69) is 10.2 Å². The van der Waals surface area contributed by atoms with Gasteiger partial charge in [0.25, 0.3) is 5.91 Å². The predicted molar refractivity (Wildman–Crippen MR) is 57.9 cm³/mol. The number of carbonyl (C=O) groups excluding carboxylic acids is 1. The fraction of sp³-hybridized carbons (Fsp3) is 0.556. The fourth-order valence-corrected chi connectivity index (χ4v) is 2.85. The van der Waals surface area contributed by atoms with E-state index in [4.69, 9.17) is 0 Å². The van der Waals surface area contributed by atoms with E-state index < -0.39 is 9.84 Å². The average Bonchev–Trinajstić information content (AvgIpc) is 2.63. The molecule has 0 spiro atoms. The number of sulfone groups is 1. The molecular weight excluding hydrogens is 230 g/mol. The van der Waals surface area contributed by atoms with Crippen LogP contribution in [0.5, 0.6) is 0 Å². The van der Waals surface area contributed by atoms with Crippen molar-refractivity contribution in [2.24, 2.45) is 0 Å². The maximum absolute atomic E-state index is 12.0. The Labute approximate surface area is 93.6 Å². The van der Waals surface area contributed by atoms with Crippen molar-refractivity contribution >= 4 is 15.7 Å². The van der Waals surface area contributed by atoms with Gasteiger partial charge >= 0.3 is 0 Å². The monoisotopic (exact) mass is 243 g/mol. The molecule has 1 saturated heterocycles. The number of hydrogen-bond acceptors (Lipinski definition) is 4. The van der Waals surface area contributed by atoms with Crippen LogP contribution in [-0.4, -0.2) is 54.0 Å². The zero-order chi connectivity index (χ0) is 11.8. The third-order valence-corrected chi connectivity index (χ3v) is 4.30. The quantitative estimate of drug-likeness (QED) is 0.726. The van der Waals surface area contributed by atoms with Crippen molar-refractivity contribution in [3.05, 3.63) is 17.5 Å². The van der Waals surface area contributed by atoms with E-state index in [1.54, 1.807) is 11.8 Å². The molecule has 0 atom stereocenters. The standard InChI is InChI=1S/C9H13N3O3S/c1-7-8(6-10-11-7)9(13)12-2-4-16(14,15)5-3-12/h6H,2-5H2,1H3,(H,10,11). The van der Waals surface area contributed by atoms with Gasteiger partial charge in [-0.05, 0) is 6.92 Å². The van der Waals surface area contributed by atoms with Gasteiger partial charge in [-0.2, -0.15) is 5.10 Å². The summed E-state index contributed by atoms with van der Waals surface area (Å²) in [5.74, 6) is -0.0493. The number of H-pyrrole nitrogens is 1. The van der Waals surface area contributed by atoms with Crippen LogP contribution in [0.15, 0.2) is 6.20 Å². The van der Waals surface area contributed by atoms with Gasteiger partial charge in [0, 0.05) is 18.8 Å². The minimum atomic E-state index is -2.95. The first-order valence-corrected chi connectivity index (χ1v) is 6.81. The van der Waals surface area contributed by atoms with Gasteiger partial charge in [0.05, 0.1) is 23.3 Å². The summed E-state index contributed by atoms with van der Waals surface area (Å²) in [6.45, 7) is 2.30. The summed E-state index contributed by atoms with van der Waals surface area (Å²) in [6.07, 6.45) is 1.47. The molecule has 1 aromatic heterocycles. The Hall–Kier alpha value is -1.37. The molecule has 0 unspecified atom stereocenters. The SMILES string of the molecule is Cc1[nH]ncc1C(=O)N1CCS(=O)(=O)CC1. The highest BCUT2D eigenvalue weighted by atomic mass is 32.2. The number of carbonyl (C=O) groups is 1. The van der Waals surface area contributed by atoms with E-state index in [1.807, 2.05) is 0 Å². The lowest BCUT2D eigenvalue weighted by atomic mass is 10.2. The minimum Gasteiger partial charge on any atom is -0.337 e. The number of nitrogens with one attached hydrogen (secondary N) is 1. The van der Waals surface area contributed by atoms with E-state index in [9.17, 15) is 13.2 Å². The van der Waals surface area contributed by atoms with Crippen molar-refractivity contribution in [3.63, 3.8) is 0 Å². The maximum Gasteiger partial charge on any atom is 0.257 e. The fourth-order valence-electron chi connectivity index (χ4n) is 1.65. The van der Waals surface area contributed by atoms with Gasteiger partial charge in [0.2, 0.25) is 0 Å². The van der Waals surface area contributed by atoms with Crippen LogP contribution in [0.1, 0.15) is 16.1 Å². The number of aryl methyl sites for hydroxylation is 1. The van der Waals surface area contributed by atoms with Crippen molar-refractivity contribution in [3.8, 4) is 0 Å². The Bertz CT molecular complexity index is 492. The first-order chi connectivity index (χ1) is 7.49. The third-order valence-electron chi connectivity index (χ3n) is 2.69. The number of aromatic amines is 1. The van der Waals surface area contributed by atoms with Crippen molar-refractivity contribution in [1.82, 2.24) is 15.1 Å². The van der Waals surface area contributed by atoms with Gasteiger partial charge < -0.3 is 4.90 Å². The lowest BCUT2D eigenvalue weighted by Crippen LogP contribution is -2.43. The van der Waals surface area contributed by atoms with Crippen LogP contribution in [0.3, 0.4) is 0 Å². The normalized spacial score (nSPS) is 19.7. The summed E-state index contributed by atoms with van der Waals surface area (Å²) in [5.41, 5.74) is 1.22. The van der Waals surface area contributed by atoms with Gasteiger partial charge in [0.15, 0.2) is 9.84 Å². The van der Waals surface area contributed by atoms with Crippen LogP contribution in [0.4, 0.5) is 0 Å². The first-order valence-electron chi connectivity index (χ1n) is 4.99. The molecule has 1 fully saturated rings. The molecule has 1 aliphatic heterocycles. The molecular formula is C9H13N3O3S. The second kappa shape index (κ2) is 3.89. The summed E-state index contributed by atoms with van der Waals surface area (Å²) in [4.78, 5) is 13.5. The molecule has 1 amide bonds. The Morgan fingerprint density at radius 1 is 1.44 bits per heavy atom. The molecule has 2 heterocycles. The highest BCUT2D eigenvalue weighted by Crippen LogP contribution is 2.11. The van der Waals surface area contributed by atoms with Crippen molar-refractivity contribution in [2.75, 3.05) is 24.6 Å². The van der Waals surface area contributed by atoms with Crippen molar-refractivity contribution < 1.29 is 13.2 Å². The highest BCUT2D eigenvalue weighted by Gasteiger charge is 2.26. The third kappa shape index (κ3) is 2.08. The molecule has 1 aliphatic rings. The zero-order valence-corrected chi connectivity index (χ0v) is 9.75. The van der Waals surface area contributed by atoms with Gasteiger partial charge in [-0.1, -0.05) is 0 Å². The molecule has 16 heavy (non-hydrogen) atoms. The van der Waals surface area contributed by atoms with Crippen molar-refractivity contribution in [2.45, 2.75) is 6.92 Å². The molecule has 7 heteroatoms. The van der Waals surface area contributed by atoms with Crippen LogP contribution in [0, 0.1) is 6.92 Å².